The summed E-state index contributed by atoms with van der Waals surface area (Å²) >= 11 is 1.47. The lowest BCUT2D eigenvalue weighted by Crippen LogP contribution is -2.33. The topological polar surface area (TPSA) is 101 Å². The van der Waals surface area contributed by atoms with Crippen LogP contribution in [-0.2, 0) is 9.59 Å². The standard InChI is InChI=1S/C22H18FN3O3S/c23-16-6-4-14(5-7-16)19-10-8-18(30-19)9-11-21(28)26-17-3-1-2-15(12-17)22(29)25-13-20(24)27/h1-12H,13H2,(H2,24,27)(H,25,29)(H,26,28). The molecule has 4 N–H and O–H groups in total. The van der Waals surface area contributed by atoms with Crippen LogP contribution in [0.25, 0.3) is 16.5 Å². The molecule has 0 saturated heterocycles. The number of benzene rings is 2. The monoisotopic (exact) mass is 423 g/mol. The summed E-state index contributed by atoms with van der Waals surface area (Å²) in [6.45, 7) is -0.265. The van der Waals surface area contributed by atoms with Crippen molar-refractivity contribution in [2.24, 2.45) is 5.73 Å². The van der Waals surface area contributed by atoms with Gasteiger partial charge in [-0.25, -0.2) is 4.39 Å². The van der Waals surface area contributed by atoms with E-state index < -0.39 is 11.8 Å². The molecule has 0 aliphatic carbocycles. The fourth-order valence-corrected chi connectivity index (χ4v) is 3.48. The molecule has 1 heterocycles. The van der Waals surface area contributed by atoms with Crippen LogP contribution in [0.5, 0.6) is 0 Å². The number of nitrogens with two attached hydrogens (primary N) is 1. The third-order valence-corrected chi connectivity index (χ3v) is 5.07. The van der Waals surface area contributed by atoms with Crippen molar-refractivity contribution in [1.82, 2.24) is 5.32 Å². The molecule has 152 valence electrons. The molecule has 1 aromatic heterocycles. The Bertz CT molecular complexity index is 1110. The number of thiophene rings is 1. The average Bonchev–Trinajstić information content (AvgIpc) is 3.20. The van der Waals surface area contributed by atoms with Crippen LogP contribution in [0.4, 0.5) is 10.1 Å². The van der Waals surface area contributed by atoms with Crippen molar-refractivity contribution in [3.8, 4) is 10.4 Å². The van der Waals surface area contributed by atoms with Gasteiger partial charge in [-0.15, -0.1) is 11.3 Å². The summed E-state index contributed by atoms with van der Waals surface area (Å²) in [4.78, 5) is 36.8. The number of anilines is 1. The first-order chi connectivity index (χ1) is 14.4. The van der Waals surface area contributed by atoms with Gasteiger partial charge in [0.2, 0.25) is 11.8 Å². The van der Waals surface area contributed by atoms with Crippen molar-refractivity contribution in [3.05, 3.63) is 83.0 Å². The van der Waals surface area contributed by atoms with Gasteiger partial charge in [-0.1, -0.05) is 18.2 Å². The molecule has 3 rings (SSSR count). The minimum atomic E-state index is -0.644. The van der Waals surface area contributed by atoms with Gasteiger partial charge in [-0.3, -0.25) is 14.4 Å². The number of rotatable bonds is 7. The maximum atomic E-state index is 13.0. The highest BCUT2D eigenvalue weighted by Crippen LogP contribution is 2.29. The van der Waals surface area contributed by atoms with Gasteiger partial charge in [0, 0.05) is 27.1 Å². The van der Waals surface area contributed by atoms with E-state index in [0.29, 0.717) is 11.3 Å². The Morgan fingerprint density at radius 3 is 2.53 bits per heavy atom. The third kappa shape index (κ3) is 5.86. The molecule has 30 heavy (non-hydrogen) atoms. The first kappa shape index (κ1) is 20.9. The number of carbonyl (C=O) groups is 3. The van der Waals surface area contributed by atoms with E-state index in [-0.39, 0.29) is 18.3 Å². The molecule has 0 aliphatic heterocycles. The Balaban J connectivity index is 1.61. The minimum absolute atomic E-state index is 0.265. The van der Waals surface area contributed by atoms with Crippen molar-refractivity contribution in [1.29, 1.82) is 0 Å². The second-order valence-electron chi connectivity index (χ2n) is 6.26. The normalized spacial score (nSPS) is 10.7. The van der Waals surface area contributed by atoms with E-state index in [0.717, 1.165) is 15.3 Å². The van der Waals surface area contributed by atoms with Gasteiger partial charge in [0.15, 0.2) is 0 Å². The molecule has 8 heteroatoms. The van der Waals surface area contributed by atoms with Crippen LogP contribution in [0.3, 0.4) is 0 Å². The van der Waals surface area contributed by atoms with Gasteiger partial charge in [-0.05, 0) is 54.1 Å². The predicted octanol–water partition coefficient (Wildman–Crippen LogP) is 3.42. The molecule has 0 unspecified atom stereocenters. The van der Waals surface area contributed by atoms with E-state index >= 15 is 0 Å². The fourth-order valence-electron chi connectivity index (χ4n) is 2.56. The van der Waals surface area contributed by atoms with E-state index in [1.54, 1.807) is 36.4 Å². The number of nitrogens with one attached hydrogen (secondary N) is 2. The Morgan fingerprint density at radius 2 is 1.80 bits per heavy atom. The van der Waals surface area contributed by atoms with E-state index in [4.69, 9.17) is 5.73 Å². The van der Waals surface area contributed by atoms with Crippen LogP contribution < -0.4 is 16.4 Å². The summed E-state index contributed by atoms with van der Waals surface area (Å²) in [5.41, 5.74) is 6.64. The molecule has 0 aliphatic rings. The van der Waals surface area contributed by atoms with Crippen LogP contribution in [0.15, 0.2) is 66.7 Å². The largest absolute Gasteiger partial charge is 0.368 e. The summed E-state index contributed by atoms with van der Waals surface area (Å²) in [5, 5.41) is 5.07. The maximum Gasteiger partial charge on any atom is 0.251 e. The van der Waals surface area contributed by atoms with Crippen LogP contribution in [-0.4, -0.2) is 24.3 Å². The van der Waals surface area contributed by atoms with Crippen molar-refractivity contribution in [2.75, 3.05) is 11.9 Å². The van der Waals surface area contributed by atoms with Gasteiger partial charge in [0.1, 0.15) is 5.82 Å². The quantitative estimate of drug-likeness (QED) is 0.508. The lowest BCUT2D eigenvalue weighted by Gasteiger charge is -2.06. The zero-order chi connectivity index (χ0) is 21.5. The van der Waals surface area contributed by atoms with Gasteiger partial charge >= 0.3 is 0 Å². The van der Waals surface area contributed by atoms with E-state index in [2.05, 4.69) is 10.6 Å². The molecule has 0 spiro atoms. The van der Waals surface area contributed by atoms with Crippen LogP contribution >= 0.6 is 11.3 Å². The molecule has 3 amide bonds. The molecule has 6 nitrogen and oxygen atoms in total. The van der Waals surface area contributed by atoms with Crippen LogP contribution in [0.2, 0.25) is 0 Å². The number of halogens is 1. The minimum Gasteiger partial charge on any atom is -0.368 e. The summed E-state index contributed by atoms with van der Waals surface area (Å²) < 4.78 is 13.0. The molecule has 3 aromatic rings. The molecule has 0 saturated carbocycles. The molecule has 0 radical (unpaired) electrons. The van der Waals surface area contributed by atoms with Gasteiger partial charge in [0.25, 0.3) is 5.91 Å². The third-order valence-electron chi connectivity index (χ3n) is 3.97. The van der Waals surface area contributed by atoms with Gasteiger partial charge < -0.3 is 16.4 Å². The zero-order valence-electron chi connectivity index (χ0n) is 15.7. The Morgan fingerprint density at radius 1 is 1.03 bits per heavy atom. The Hall–Kier alpha value is -3.78. The molecular weight excluding hydrogens is 405 g/mol. The van der Waals surface area contributed by atoms with Crippen LogP contribution in [0.1, 0.15) is 15.2 Å². The van der Waals surface area contributed by atoms with E-state index in [1.807, 2.05) is 12.1 Å². The van der Waals surface area contributed by atoms with Crippen molar-refractivity contribution >= 4 is 40.8 Å². The average molecular weight is 423 g/mol. The highest BCUT2D eigenvalue weighted by molar-refractivity contribution is 7.16. The summed E-state index contributed by atoms with van der Waals surface area (Å²) in [5.74, 6) is -1.76. The van der Waals surface area contributed by atoms with Gasteiger partial charge in [-0.2, -0.15) is 0 Å². The van der Waals surface area contributed by atoms with Crippen LogP contribution in [0, 0.1) is 5.82 Å². The SMILES string of the molecule is NC(=O)CNC(=O)c1cccc(NC(=O)C=Cc2ccc(-c3ccc(F)cc3)s2)c1. The lowest BCUT2D eigenvalue weighted by molar-refractivity contribution is -0.117. The highest BCUT2D eigenvalue weighted by Gasteiger charge is 2.08. The van der Waals surface area contributed by atoms with E-state index in [1.165, 1.54) is 35.6 Å². The second kappa shape index (κ2) is 9.62. The van der Waals surface area contributed by atoms with Crippen molar-refractivity contribution in [2.45, 2.75) is 0 Å². The maximum absolute atomic E-state index is 13.0. The first-order valence-corrected chi connectivity index (χ1v) is 9.74. The van der Waals surface area contributed by atoms with Gasteiger partial charge in [0.05, 0.1) is 6.54 Å². The Kier molecular flexibility index (Phi) is 6.71. The summed E-state index contributed by atoms with van der Waals surface area (Å²) in [6.07, 6.45) is 3.07. The predicted molar refractivity (Wildman–Crippen MR) is 115 cm³/mol. The fraction of sp³-hybridized carbons (Fsp3) is 0.0455. The summed E-state index contributed by atoms with van der Waals surface area (Å²) in [7, 11) is 0. The lowest BCUT2D eigenvalue weighted by atomic mass is 10.2. The molecule has 2 aromatic carbocycles. The number of amides is 3. The smallest absolute Gasteiger partial charge is 0.251 e. The number of hydrogen-bond acceptors (Lipinski definition) is 4. The first-order valence-electron chi connectivity index (χ1n) is 8.92. The molecule has 0 atom stereocenters. The van der Waals surface area contributed by atoms with Crippen molar-refractivity contribution in [3.63, 3.8) is 0 Å². The number of primary amides is 1. The number of hydrogen-bond donors (Lipinski definition) is 3. The summed E-state index contributed by atoms with van der Waals surface area (Å²) in [6, 6.07) is 16.3. The highest BCUT2D eigenvalue weighted by atomic mass is 32.1. The molecule has 0 fully saturated rings. The second-order valence-corrected chi connectivity index (χ2v) is 7.38. The molecular formula is C22H18FN3O3S. The van der Waals surface area contributed by atoms with Crippen molar-refractivity contribution < 1.29 is 18.8 Å². The zero-order valence-corrected chi connectivity index (χ0v) is 16.5. The Labute approximate surface area is 176 Å². The van der Waals surface area contributed by atoms with E-state index in [9.17, 15) is 18.8 Å². The number of carbonyl (C=O) groups excluding carboxylic acids is 3. The molecule has 0 bridgehead atoms.